The topological polar surface area (TPSA) is 94.5 Å². The molecule has 0 saturated carbocycles. The second-order valence-corrected chi connectivity index (χ2v) is 4.00. The molecule has 8 nitrogen and oxygen atoms in total. The van der Waals surface area contributed by atoms with E-state index in [1.54, 1.807) is 7.05 Å². The predicted octanol–water partition coefficient (Wildman–Crippen LogP) is -1.25. The van der Waals surface area contributed by atoms with E-state index in [9.17, 15) is 0 Å². The Bertz CT molecular complexity index is 402. The van der Waals surface area contributed by atoms with Crippen LogP contribution in [0.1, 0.15) is 12.7 Å². The van der Waals surface area contributed by atoms with Crippen molar-refractivity contribution < 1.29 is 4.74 Å². The van der Waals surface area contributed by atoms with E-state index in [2.05, 4.69) is 20.4 Å². The van der Waals surface area contributed by atoms with Crippen molar-refractivity contribution in [3.63, 3.8) is 0 Å². The molecule has 17 heavy (non-hydrogen) atoms. The molecule has 2 heterocycles. The maximum absolute atomic E-state index is 5.90. The molecule has 1 aliphatic heterocycles. The SMILES string of the molecule is CC1CN(C(N)=NCc2nnn(C)n2)CCO1. The number of aromatic nitrogens is 4. The minimum Gasteiger partial charge on any atom is -0.375 e. The third-order valence-corrected chi connectivity index (χ3v) is 2.50. The first kappa shape index (κ1) is 11.8. The Hall–Kier alpha value is -1.70. The molecule has 1 aliphatic rings. The highest BCUT2D eigenvalue weighted by molar-refractivity contribution is 5.78. The first-order valence-electron chi connectivity index (χ1n) is 5.54. The summed E-state index contributed by atoms with van der Waals surface area (Å²) in [5.74, 6) is 1.07. The zero-order valence-corrected chi connectivity index (χ0v) is 10.1. The lowest BCUT2D eigenvalue weighted by atomic mass is 10.3. The molecule has 0 bridgehead atoms. The van der Waals surface area contributed by atoms with E-state index < -0.39 is 0 Å². The van der Waals surface area contributed by atoms with Gasteiger partial charge < -0.3 is 15.4 Å². The van der Waals surface area contributed by atoms with Crippen molar-refractivity contribution in [1.29, 1.82) is 0 Å². The third kappa shape index (κ3) is 3.13. The normalized spacial score (nSPS) is 21.9. The fourth-order valence-electron chi connectivity index (χ4n) is 1.66. The Morgan fingerprint density at radius 3 is 3.12 bits per heavy atom. The highest BCUT2D eigenvalue weighted by atomic mass is 16.5. The molecule has 1 unspecified atom stereocenters. The number of nitrogens with two attached hydrogens (primary N) is 1. The number of tetrazole rings is 1. The minimum atomic E-state index is 0.187. The Labute approximate surface area is 99.4 Å². The van der Waals surface area contributed by atoms with Crippen molar-refractivity contribution in [3.8, 4) is 0 Å². The van der Waals surface area contributed by atoms with Crippen molar-refractivity contribution in [1.82, 2.24) is 25.1 Å². The van der Waals surface area contributed by atoms with Crippen molar-refractivity contribution in [2.45, 2.75) is 19.6 Å². The van der Waals surface area contributed by atoms with Crippen LogP contribution in [-0.4, -0.2) is 56.9 Å². The van der Waals surface area contributed by atoms with Crippen LogP contribution in [0.4, 0.5) is 0 Å². The lowest BCUT2D eigenvalue weighted by molar-refractivity contribution is 0.00528. The molecule has 94 valence electrons. The molecule has 1 fully saturated rings. The molecule has 8 heteroatoms. The predicted molar refractivity (Wildman–Crippen MR) is 61.1 cm³/mol. The molecule has 2 rings (SSSR count). The van der Waals surface area contributed by atoms with Gasteiger partial charge in [-0.3, -0.25) is 0 Å². The minimum absolute atomic E-state index is 0.187. The van der Waals surface area contributed by atoms with Crippen molar-refractivity contribution in [2.75, 3.05) is 19.7 Å². The van der Waals surface area contributed by atoms with E-state index in [0.717, 1.165) is 13.1 Å². The maximum atomic E-state index is 5.90. The van der Waals surface area contributed by atoms with Crippen LogP contribution in [0, 0.1) is 0 Å². The van der Waals surface area contributed by atoms with Crippen LogP contribution in [0.15, 0.2) is 4.99 Å². The summed E-state index contributed by atoms with van der Waals surface area (Å²) in [6.45, 7) is 4.59. The fraction of sp³-hybridized carbons (Fsp3) is 0.778. The molecule has 1 atom stereocenters. The number of morpholine rings is 1. The molecule has 0 spiro atoms. The van der Waals surface area contributed by atoms with Crippen LogP contribution in [0.5, 0.6) is 0 Å². The van der Waals surface area contributed by atoms with Gasteiger partial charge in [0.05, 0.1) is 19.8 Å². The molecule has 1 saturated heterocycles. The summed E-state index contributed by atoms with van der Waals surface area (Å²) >= 11 is 0. The summed E-state index contributed by atoms with van der Waals surface area (Å²) in [6, 6.07) is 0. The molecule has 0 amide bonds. The first-order valence-corrected chi connectivity index (χ1v) is 5.54. The number of ether oxygens (including phenoxy) is 1. The summed E-state index contributed by atoms with van der Waals surface area (Å²) in [7, 11) is 1.72. The van der Waals surface area contributed by atoms with E-state index in [-0.39, 0.29) is 6.10 Å². The van der Waals surface area contributed by atoms with Crippen molar-refractivity contribution >= 4 is 5.96 Å². The van der Waals surface area contributed by atoms with Crippen LogP contribution >= 0.6 is 0 Å². The van der Waals surface area contributed by atoms with Gasteiger partial charge in [-0.1, -0.05) is 0 Å². The summed E-state index contributed by atoms with van der Waals surface area (Å²) in [5.41, 5.74) is 5.90. The van der Waals surface area contributed by atoms with Crippen molar-refractivity contribution in [3.05, 3.63) is 5.82 Å². The summed E-state index contributed by atoms with van der Waals surface area (Å²) in [4.78, 5) is 7.66. The first-order chi connectivity index (χ1) is 8.15. The monoisotopic (exact) mass is 239 g/mol. The number of guanidine groups is 1. The fourth-order valence-corrected chi connectivity index (χ4v) is 1.66. The molecule has 1 aromatic heterocycles. The van der Waals surface area contributed by atoms with E-state index in [1.807, 2.05) is 11.8 Å². The third-order valence-electron chi connectivity index (χ3n) is 2.50. The Morgan fingerprint density at radius 1 is 1.65 bits per heavy atom. The van der Waals surface area contributed by atoms with Crippen LogP contribution in [-0.2, 0) is 18.3 Å². The number of hydrogen-bond donors (Lipinski definition) is 1. The van der Waals surface area contributed by atoms with E-state index in [1.165, 1.54) is 4.80 Å². The molecule has 2 N–H and O–H groups in total. The Balaban J connectivity index is 1.92. The van der Waals surface area contributed by atoms with Gasteiger partial charge in [-0.2, -0.15) is 4.80 Å². The number of aliphatic imine (C=N–C) groups is 1. The quantitative estimate of drug-likeness (QED) is 0.511. The summed E-state index contributed by atoms with van der Waals surface area (Å²) in [6.07, 6.45) is 0.187. The number of hydrogen-bond acceptors (Lipinski definition) is 5. The molecule has 1 aromatic rings. The lowest BCUT2D eigenvalue weighted by Gasteiger charge is -2.31. The molecule has 0 radical (unpaired) electrons. The number of rotatable bonds is 2. The molecular weight excluding hydrogens is 222 g/mol. The van der Waals surface area contributed by atoms with Gasteiger partial charge >= 0.3 is 0 Å². The van der Waals surface area contributed by atoms with Crippen LogP contribution in [0.25, 0.3) is 0 Å². The summed E-state index contributed by atoms with van der Waals surface area (Å²) < 4.78 is 5.43. The Kier molecular flexibility index (Phi) is 3.52. The van der Waals surface area contributed by atoms with Crippen LogP contribution in [0.2, 0.25) is 0 Å². The van der Waals surface area contributed by atoms with E-state index in [4.69, 9.17) is 10.5 Å². The second kappa shape index (κ2) is 5.09. The van der Waals surface area contributed by atoms with Gasteiger partial charge in [0.2, 0.25) is 0 Å². The smallest absolute Gasteiger partial charge is 0.196 e. The highest BCUT2D eigenvalue weighted by Gasteiger charge is 2.17. The standard InChI is InChI=1S/C9H17N7O/c1-7-6-16(3-4-17-7)9(10)11-5-8-12-14-15(2)13-8/h7H,3-6H2,1-2H3,(H2,10,11). The van der Waals surface area contributed by atoms with Gasteiger partial charge in [0, 0.05) is 13.1 Å². The number of nitrogens with zero attached hydrogens (tertiary/aromatic N) is 6. The largest absolute Gasteiger partial charge is 0.375 e. The second-order valence-electron chi connectivity index (χ2n) is 4.00. The average molecular weight is 239 g/mol. The van der Waals surface area contributed by atoms with Gasteiger partial charge in [-0.15, -0.1) is 10.2 Å². The van der Waals surface area contributed by atoms with Gasteiger partial charge in [0.15, 0.2) is 11.8 Å². The zero-order valence-electron chi connectivity index (χ0n) is 10.1. The Morgan fingerprint density at radius 2 is 2.47 bits per heavy atom. The van der Waals surface area contributed by atoms with Gasteiger partial charge in [-0.05, 0) is 12.1 Å². The van der Waals surface area contributed by atoms with Crippen molar-refractivity contribution in [2.24, 2.45) is 17.8 Å². The maximum Gasteiger partial charge on any atom is 0.196 e. The average Bonchev–Trinajstić information content (AvgIpc) is 2.72. The van der Waals surface area contributed by atoms with Gasteiger partial charge in [0.1, 0.15) is 6.54 Å². The molecule has 0 aromatic carbocycles. The van der Waals surface area contributed by atoms with Gasteiger partial charge in [-0.25, -0.2) is 4.99 Å². The molecule has 0 aliphatic carbocycles. The van der Waals surface area contributed by atoms with Crippen LogP contribution < -0.4 is 5.73 Å². The van der Waals surface area contributed by atoms with Crippen LogP contribution in [0.3, 0.4) is 0 Å². The highest BCUT2D eigenvalue weighted by Crippen LogP contribution is 2.04. The van der Waals surface area contributed by atoms with E-state index >= 15 is 0 Å². The summed E-state index contributed by atoms with van der Waals surface area (Å²) in [5, 5.41) is 11.6. The molecular formula is C9H17N7O. The van der Waals surface area contributed by atoms with E-state index in [0.29, 0.717) is 24.9 Å². The van der Waals surface area contributed by atoms with Gasteiger partial charge in [0.25, 0.3) is 0 Å². The zero-order chi connectivity index (χ0) is 12.3. The lowest BCUT2D eigenvalue weighted by Crippen LogP contribution is -2.47. The number of aryl methyl sites for hydroxylation is 1.